The first-order valence-corrected chi connectivity index (χ1v) is 11.5. The normalized spacial score (nSPS) is 18.8. The fourth-order valence-electron chi connectivity index (χ4n) is 2.52. The molecule has 2 heterocycles. The van der Waals surface area contributed by atoms with Crippen molar-refractivity contribution in [2.45, 2.75) is 12.2 Å². The zero-order valence-electron chi connectivity index (χ0n) is 19.7. The molecule has 2 aliphatic rings. The molecule has 2 saturated heterocycles. The quantitative estimate of drug-likeness (QED) is 0.176. The number of benzene rings is 2. The van der Waals surface area contributed by atoms with Gasteiger partial charge in [0.15, 0.2) is 11.6 Å². The van der Waals surface area contributed by atoms with Gasteiger partial charge in [-0.1, -0.05) is 72.9 Å². The van der Waals surface area contributed by atoms with E-state index < -0.39 is 0 Å². The maximum atomic E-state index is 11.2. The molecule has 4 rings (SSSR count). The predicted octanol–water partition coefficient (Wildman–Crippen LogP) is 5.32. The first kappa shape index (κ1) is 26.3. The first-order valence-electron chi connectivity index (χ1n) is 11.5. The Morgan fingerprint density at radius 3 is 1.31 bits per heavy atom. The average molecular weight is 485 g/mol. The summed E-state index contributed by atoms with van der Waals surface area (Å²) in [6, 6.07) is 19.0. The van der Waals surface area contributed by atoms with E-state index in [1.54, 1.807) is 61.1 Å². The Balaban J connectivity index is 0.000000201. The van der Waals surface area contributed by atoms with E-state index in [2.05, 4.69) is 0 Å². The van der Waals surface area contributed by atoms with Gasteiger partial charge in [-0.2, -0.15) is 0 Å². The Morgan fingerprint density at radius 1 is 0.583 bits per heavy atom. The highest BCUT2D eigenvalue weighted by molar-refractivity contribution is 5.95. The molecule has 2 aromatic carbocycles. The molecule has 2 aromatic rings. The van der Waals surface area contributed by atoms with Crippen LogP contribution in [0.1, 0.15) is 0 Å². The number of allylic oxidation sites excluding steroid dienone is 8. The molecule has 2 unspecified atom stereocenters. The number of epoxide rings is 2. The van der Waals surface area contributed by atoms with Gasteiger partial charge >= 0.3 is 0 Å². The van der Waals surface area contributed by atoms with Crippen molar-refractivity contribution in [1.82, 2.24) is 0 Å². The molecule has 6 heteroatoms. The summed E-state index contributed by atoms with van der Waals surface area (Å²) in [7, 11) is 0. The monoisotopic (exact) mass is 484 g/mol. The van der Waals surface area contributed by atoms with Crippen molar-refractivity contribution in [3.05, 3.63) is 134 Å². The van der Waals surface area contributed by atoms with Crippen LogP contribution >= 0.6 is 0 Å². The van der Waals surface area contributed by atoms with Crippen LogP contribution in [0.4, 0.5) is 0 Å². The summed E-state index contributed by atoms with van der Waals surface area (Å²) in [6.07, 6.45) is 19.8. The van der Waals surface area contributed by atoms with Crippen LogP contribution in [0, 0.1) is 0 Å². The molecular formula is C30H28O6. The molecule has 36 heavy (non-hydrogen) atoms. The van der Waals surface area contributed by atoms with E-state index in [0.29, 0.717) is 13.2 Å². The summed E-state index contributed by atoms with van der Waals surface area (Å²) < 4.78 is 20.4. The van der Waals surface area contributed by atoms with Gasteiger partial charge in [0.25, 0.3) is 0 Å². The van der Waals surface area contributed by atoms with E-state index in [1.165, 1.54) is 12.2 Å². The largest absolute Gasteiger partial charge is 0.465 e. The highest BCUT2D eigenvalue weighted by atomic mass is 16.6. The number of hydrogen-bond acceptors (Lipinski definition) is 6. The fraction of sp³-hybridized carbons (Fsp3) is 0.133. The van der Waals surface area contributed by atoms with Crippen molar-refractivity contribution >= 4 is 11.6 Å². The second kappa shape index (κ2) is 15.6. The Labute approximate surface area is 211 Å². The van der Waals surface area contributed by atoms with E-state index in [1.807, 2.05) is 60.7 Å². The van der Waals surface area contributed by atoms with E-state index in [0.717, 1.165) is 11.5 Å². The summed E-state index contributed by atoms with van der Waals surface area (Å²) >= 11 is 0. The van der Waals surface area contributed by atoms with E-state index in [4.69, 9.17) is 18.9 Å². The number of ether oxygens (including phenoxy) is 4. The summed E-state index contributed by atoms with van der Waals surface area (Å²) in [5, 5.41) is 0. The molecule has 0 saturated carbocycles. The summed E-state index contributed by atoms with van der Waals surface area (Å²) in [5.41, 5.74) is 0. The number of carbonyl (C=O) groups excluding carboxylic acids is 2. The molecule has 2 fully saturated rings. The van der Waals surface area contributed by atoms with Crippen LogP contribution in [0.3, 0.4) is 0 Å². The van der Waals surface area contributed by atoms with Gasteiger partial charge in [-0.3, -0.25) is 9.59 Å². The van der Waals surface area contributed by atoms with Crippen molar-refractivity contribution in [2.75, 3.05) is 13.2 Å². The number of ketones is 2. The number of carbonyl (C=O) groups is 2. The molecule has 0 aliphatic carbocycles. The third kappa shape index (κ3) is 11.7. The topological polar surface area (TPSA) is 77.7 Å². The van der Waals surface area contributed by atoms with Gasteiger partial charge < -0.3 is 18.9 Å². The molecule has 0 N–H and O–H groups in total. The Bertz CT molecular complexity index is 1030. The van der Waals surface area contributed by atoms with Crippen LogP contribution in [0.25, 0.3) is 0 Å². The lowest BCUT2D eigenvalue weighted by Crippen LogP contribution is -2.00. The average Bonchev–Trinajstić information content (AvgIpc) is 3.82. The number of hydrogen-bond donors (Lipinski definition) is 0. The third-order valence-corrected chi connectivity index (χ3v) is 4.54. The van der Waals surface area contributed by atoms with Crippen molar-refractivity contribution in [1.29, 1.82) is 0 Å². The molecule has 6 nitrogen and oxygen atoms in total. The molecule has 184 valence electrons. The zero-order chi connectivity index (χ0) is 25.3. The van der Waals surface area contributed by atoms with E-state index >= 15 is 0 Å². The molecule has 0 amide bonds. The number of para-hydroxylation sites is 2. The van der Waals surface area contributed by atoms with Crippen molar-refractivity contribution in [3.8, 4) is 11.5 Å². The second-order valence-corrected chi connectivity index (χ2v) is 7.46. The zero-order valence-corrected chi connectivity index (χ0v) is 19.7. The Morgan fingerprint density at radius 2 is 0.944 bits per heavy atom. The molecule has 0 spiro atoms. The van der Waals surface area contributed by atoms with Crippen LogP contribution < -0.4 is 9.47 Å². The van der Waals surface area contributed by atoms with Crippen LogP contribution in [0.5, 0.6) is 11.5 Å². The van der Waals surface area contributed by atoms with Crippen LogP contribution in [-0.2, 0) is 19.1 Å². The maximum Gasteiger partial charge on any atom is 0.186 e. The van der Waals surface area contributed by atoms with E-state index in [-0.39, 0.29) is 23.8 Å². The van der Waals surface area contributed by atoms with Crippen LogP contribution in [0.15, 0.2) is 134 Å². The lowest BCUT2D eigenvalue weighted by molar-refractivity contribution is -0.116. The van der Waals surface area contributed by atoms with Crippen LogP contribution in [0.2, 0.25) is 0 Å². The third-order valence-electron chi connectivity index (χ3n) is 4.54. The minimum atomic E-state index is -0.202. The Kier molecular flexibility index (Phi) is 11.4. The summed E-state index contributed by atoms with van der Waals surface area (Å²) in [5.74, 6) is 1.62. The van der Waals surface area contributed by atoms with Crippen LogP contribution in [-0.4, -0.2) is 37.0 Å². The SMILES string of the molecule is O=C(C=CC=CC=COc1ccccc1)C1CO1.O=C(C=CC=CC=COc1ccccc1)C1CO1. The van der Waals surface area contributed by atoms with Gasteiger partial charge in [0.05, 0.1) is 25.7 Å². The molecule has 2 aliphatic heterocycles. The van der Waals surface area contributed by atoms with Gasteiger partial charge in [0.1, 0.15) is 23.7 Å². The molecular weight excluding hydrogens is 456 g/mol. The van der Waals surface area contributed by atoms with E-state index in [9.17, 15) is 9.59 Å². The van der Waals surface area contributed by atoms with Gasteiger partial charge in [-0.25, -0.2) is 0 Å². The lowest BCUT2D eigenvalue weighted by atomic mass is 10.3. The first-order chi connectivity index (χ1) is 17.7. The maximum absolute atomic E-state index is 11.2. The molecule has 0 aromatic heterocycles. The summed E-state index contributed by atoms with van der Waals surface area (Å²) in [4.78, 5) is 22.4. The lowest BCUT2D eigenvalue weighted by Gasteiger charge is -1.96. The Hall–Kier alpha value is -4.26. The molecule has 0 bridgehead atoms. The molecule has 0 radical (unpaired) electrons. The number of rotatable bonds is 12. The van der Waals surface area contributed by atoms with Crippen molar-refractivity contribution < 1.29 is 28.5 Å². The second-order valence-electron chi connectivity index (χ2n) is 7.46. The highest BCUT2D eigenvalue weighted by Crippen LogP contribution is 2.11. The smallest absolute Gasteiger partial charge is 0.186 e. The highest BCUT2D eigenvalue weighted by Gasteiger charge is 2.29. The minimum Gasteiger partial charge on any atom is -0.465 e. The van der Waals surface area contributed by atoms with Gasteiger partial charge in [-0.05, 0) is 48.6 Å². The fourth-order valence-corrected chi connectivity index (χ4v) is 2.52. The van der Waals surface area contributed by atoms with Gasteiger partial charge in [0.2, 0.25) is 0 Å². The van der Waals surface area contributed by atoms with Gasteiger partial charge in [-0.15, -0.1) is 0 Å². The minimum absolute atomic E-state index is 0.0177. The molecule has 2 atom stereocenters. The van der Waals surface area contributed by atoms with Gasteiger partial charge in [0, 0.05) is 0 Å². The standard InChI is InChI=1S/2C15H14O3/c2*16-14(15-12-18-15)10-6-1-2-7-11-17-13-8-4-3-5-9-13/h2*1-11,15H,12H2. The van der Waals surface area contributed by atoms with Crippen molar-refractivity contribution in [3.63, 3.8) is 0 Å². The summed E-state index contributed by atoms with van der Waals surface area (Å²) in [6.45, 7) is 1.11. The van der Waals surface area contributed by atoms with Crippen molar-refractivity contribution in [2.24, 2.45) is 0 Å². The predicted molar refractivity (Wildman–Crippen MR) is 138 cm³/mol.